The van der Waals surface area contributed by atoms with Crippen molar-refractivity contribution in [2.75, 3.05) is 29.1 Å². The summed E-state index contributed by atoms with van der Waals surface area (Å²) >= 11 is 1.75. The second kappa shape index (κ2) is 6.26. The Morgan fingerprint density at radius 1 is 1.53 bits per heavy atom. The fourth-order valence-electron chi connectivity index (χ4n) is 1.15. The Hall–Kier alpha value is -1.27. The van der Waals surface area contributed by atoms with Gasteiger partial charge in [-0.2, -0.15) is 0 Å². The Balaban J connectivity index is 2.32. The van der Waals surface area contributed by atoms with E-state index in [0.717, 1.165) is 35.0 Å². The average Bonchev–Trinajstić information content (AvgIpc) is 2.23. The molecule has 0 saturated carbocycles. The van der Waals surface area contributed by atoms with Crippen molar-refractivity contribution >= 4 is 23.1 Å². The van der Waals surface area contributed by atoms with Crippen LogP contribution < -0.4 is 11.1 Å². The quantitative estimate of drug-likeness (QED) is 0.454. The first kappa shape index (κ1) is 11.8. The summed E-state index contributed by atoms with van der Waals surface area (Å²) in [6.07, 6.45) is 5.15. The van der Waals surface area contributed by atoms with Gasteiger partial charge in [-0.3, -0.25) is 0 Å². The largest absolute Gasteiger partial charge is 0.398 e. The molecule has 0 radical (unpaired) electrons. The molecular formula is C12H16N2S. The number of nitrogens with one attached hydrogen (secondary N) is 1. The Morgan fingerprint density at radius 2 is 2.33 bits per heavy atom. The van der Waals surface area contributed by atoms with E-state index in [1.165, 1.54) is 0 Å². The van der Waals surface area contributed by atoms with Gasteiger partial charge in [0, 0.05) is 23.7 Å². The summed E-state index contributed by atoms with van der Waals surface area (Å²) in [4.78, 5) is 0. The van der Waals surface area contributed by atoms with E-state index in [4.69, 9.17) is 12.2 Å². The highest BCUT2D eigenvalue weighted by Crippen LogP contribution is 2.16. The summed E-state index contributed by atoms with van der Waals surface area (Å²) in [5.41, 5.74) is 8.81. The molecule has 3 N–H and O–H groups in total. The van der Waals surface area contributed by atoms with Gasteiger partial charge in [0.05, 0.1) is 5.75 Å². The summed E-state index contributed by atoms with van der Waals surface area (Å²) < 4.78 is 0. The molecule has 0 aliphatic rings. The monoisotopic (exact) mass is 220 g/mol. The molecule has 1 rings (SSSR count). The van der Waals surface area contributed by atoms with Gasteiger partial charge in [0.15, 0.2) is 0 Å². The topological polar surface area (TPSA) is 38.0 Å². The number of aryl methyl sites for hydroxylation is 1. The SMILES string of the molecule is C#CCSCCNc1ccc(C)c(N)c1. The molecule has 0 fully saturated rings. The molecule has 3 heteroatoms. The van der Waals surface area contributed by atoms with Crippen LogP contribution in [0.2, 0.25) is 0 Å². The van der Waals surface area contributed by atoms with Gasteiger partial charge < -0.3 is 11.1 Å². The number of rotatable bonds is 5. The van der Waals surface area contributed by atoms with Crippen molar-refractivity contribution in [3.8, 4) is 12.3 Å². The fraction of sp³-hybridized carbons (Fsp3) is 0.333. The molecule has 0 aliphatic carbocycles. The lowest BCUT2D eigenvalue weighted by Crippen LogP contribution is -2.04. The van der Waals surface area contributed by atoms with Gasteiger partial charge in [0.2, 0.25) is 0 Å². The Bertz CT molecular complexity index is 355. The van der Waals surface area contributed by atoms with Crippen LogP contribution in [0.5, 0.6) is 0 Å². The van der Waals surface area contributed by atoms with Crippen molar-refractivity contribution in [1.82, 2.24) is 0 Å². The number of nitrogens with two attached hydrogens (primary N) is 1. The predicted octanol–water partition coefficient (Wildman–Crippen LogP) is 2.36. The van der Waals surface area contributed by atoms with Crippen molar-refractivity contribution in [3.05, 3.63) is 23.8 Å². The predicted molar refractivity (Wildman–Crippen MR) is 70.2 cm³/mol. The maximum absolute atomic E-state index is 5.80. The molecule has 0 amide bonds. The van der Waals surface area contributed by atoms with Crippen LogP contribution in [0, 0.1) is 19.3 Å². The lowest BCUT2D eigenvalue weighted by atomic mass is 10.2. The highest BCUT2D eigenvalue weighted by Gasteiger charge is 1.95. The summed E-state index contributed by atoms with van der Waals surface area (Å²) in [6.45, 7) is 2.91. The van der Waals surface area contributed by atoms with Gasteiger partial charge in [-0.15, -0.1) is 18.2 Å². The number of anilines is 2. The summed E-state index contributed by atoms with van der Waals surface area (Å²) in [5, 5.41) is 3.30. The van der Waals surface area contributed by atoms with E-state index in [-0.39, 0.29) is 0 Å². The molecule has 1 aromatic rings. The van der Waals surface area contributed by atoms with Crippen LogP contribution in [0.3, 0.4) is 0 Å². The Kier molecular flexibility index (Phi) is 4.92. The zero-order valence-corrected chi connectivity index (χ0v) is 9.73. The third-order valence-corrected chi connectivity index (χ3v) is 2.90. The molecule has 0 saturated heterocycles. The van der Waals surface area contributed by atoms with Crippen molar-refractivity contribution in [3.63, 3.8) is 0 Å². The second-order valence-electron chi connectivity index (χ2n) is 3.25. The van der Waals surface area contributed by atoms with E-state index < -0.39 is 0 Å². The maximum atomic E-state index is 5.80. The van der Waals surface area contributed by atoms with Gasteiger partial charge >= 0.3 is 0 Å². The van der Waals surface area contributed by atoms with E-state index in [2.05, 4.69) is 11.2 Å². The van der Waals surface area contributed by atoms with Crippen molar-refractivity contribution in [1.29, 1.82) is 0 Å². The van der Waals surface area contributed by atoms with Crippen molar-refractivity contribution in [2.45, 2.75) is 6.92 Å². The van der Waals surface area contributed by atoms with E-state index in [0.29, 0.717) is 0 Å². The van der Waals surface area contributed by atoms with Gasteiger partial charge in [0.1, 0.15) is 0 Å². The summed E-state index contributed by atoms with van der Waals surface area (Å²) in [7, 11) is 0. The van der Waals surface area contributed by atoms with E-state index in [9.17, 15) is 0 Å². The highest BCUT2D eigenvalue weighted by molar-refractivity contribution is 7.99. The van der Waals surface area contributed by atoms with Gasteiger partial charge in [-0.05, 0) is 24.6 Å². The lowest BCUT2D eigenvalue weighted by molar-refractivity contribution is 1.23. The smallest absolute Gasteiger partial charge is 0.0545 e. The molecule has 0 aromatic heterocycles. The first-order valence-electron chi connectivity index (χ1n) is 4.85. The molecule has 1 aromatic carbocycles. The molecule has 0 unspecified atom stereocenters. The number of benzene rings is 1. The lowest BCUT2D eigenvalue weighted by Gasteiger charge is -2.07. The molecule has 15 heavy (non-hydrogen) atoms. The molecule has 0 heterocycles. The maximum Gasteiger partial charge on any atom is 0.0545 e. The van der Waals surface area contributed by atoms with Crippen molar-refractivity contribution < 1.29 is 0 Å². The normalized spacial score (nSPS) is 9.60. The third kappa shape index (κ3) is 4.18. The molecule has 80 valence electrons. The number of terminal acetylenes is 1. The number of hydrogen-bond donors (Lipinski definition) is 2. The van der Waals surface area contributed by atoms with Crippen LogP contribution in [-0.4, -0.2) is 18.1 Å². The minimum absolute atomic E-state index is 0.776. The second-order valence-corrected chi connectivity index (χ2v) is 4.36. The van der Waals surface area contributed by atoms with Crippen LogP contribution in [0.25, 0.3) is 0 Å². The fourth-order valence-corrected chi connectivity index (χ4v) is 1.66. The molecule has 0 atom stereocenters. The van der Waals surface area contributed by atoms with Crippen LogP contribution in [0.1, 0.15) is 5.56 Å². The average molecular weight is 220 g/mol. The summed E-state index contributed by atoms with van der Waals surface area (Å²) in [6, 6.07) is 6.02. The molecule has 2 nitrogen and oxygen atoms in total. The van der Waals surface area contributed by atoms with Crippen LogP contribution in [0.4, 0.5) is 11.4 Å². The number of thioether (sulfide) groups is 1. The molecule has 0 aliphatic heterocycles. The Morgan fingerprint density at radius 3 is 3.00 bits per heavy atom. The number of nitrogen functional groups attached to an aromatic ring is 1. The third-order valence-electron chi connectivity index (χ3n) is 2.04. The van der Waals surface area contributed by atoms with Gasteiger partial charge in [-0.1, -0.05) is 12.0 Å². The van der Waals surface area contributed by atoms with E-state index >= 15 is 0 Å². The highest BCUT2D eigenvalue weighted by atomic mass is 32.2. The zero-order chi connectivity index (χ0) is 11.1. The van der Waals surface area contributed by atoms with Crippen LogP contribution in [-0.2, 0) is 0 Å². The van der Waals surface area contributed by atoms with Gasteiger partial charge in [0.25, 0.3) is 0 Å². The van der Waals surface area contributed by atoms with E-state index in [1.807, 2.05) is 25.1 Å². The van der Waals surface area contributed by atoms with Gasteiger partial charge in [-0.25, -0.2) is 0 Å². The molecular weight excluding hydrogens is 204 g/mol. The number of hydrogen-bond acceptors (Lipinski definition) is 3. The molecule has 0 spiro atoms. The van der Waals surface area contributed by atoms with Crippen LogP contribution >= 0.6 is 11.8 Å². The van der Waals surface area contributed by atoms with E-state index in [1.54, 1.807) is 11.8 Å². The first-order valence-corrected chi connectivity index (χ1v) is 6.00. The van der Waals surface area contributed by atoms with Crippen molar-refractivity contribution in [2.24, 2.45) is 0 Å². The molecule has 0 bridgehead atoms. The van der Waals surface area contributed by atoms with Crippen LogP contribution in [0.15, 0.2) is 18.2 Å². The minimum atomic E-state index is 0.776. The Labute approximate surface area is 95.6 Å². The summed E-state index contributed by atoms with van der Waals surface area (Å²) in [5.74, 6) is 4.39. The standard InChI is InChI=1S/C12H16N2S/c1-3-7-15-8-6-14-11-5-4-10(2)12(13)9-11/h1,4-5,9,14H,6-8,13H2,2H3. The first-order chi connectivity index (χ1) is 7.24. The zero-order valence-electron chi connectivity index (χ0n) is 8.92. The minimum Gasteiger partial charge on any atom is -0.398 e.